The van der Waals surface area contributed by atoms with Gasteiger partial charge in [-0.1, -0.05) is 0 Å². The average Bonchev–Trinajstić information content (AvgIpc) is 2.84. The van der Waals surface area contributed by atoms with Crippen molar-refractivity contribution in [3.63, 3.8) is 0 Å². The molecule has 2 atom stereocenters. The van der Waals surface area contributed by atoms with Crippen LogP contribution in [0, 0.1) is 0 Å². The van der Waals surface area contributed by atoms with E-state index in [2.05, 4.69) is 0 Å². The number of hydrogen-bond acceptors (Lipinski definition) is 4. The van der Waals surface area contributed by atoms with Gasteiger partial charge in [-0.2, -0.15) is 4.31 Å². The summed E-state index contributed by atoms with van der Waals surface area (Å²) in [5, 5.41) is 0. The highest BCUT2D eigenvalue weighted by atomic mass is 35.5. The summed E-state index contributed by atoms with van der Waals surface area (Å²) in [7, 11) is -1.97. The van der Waals surface area contributed by atoms with E-state index in [1.807, 2.05) is 0 Å². The van der Waals surface area contributed by atoms with Crippen LogP contribution in [-0.2, 0) is 20.6 Å². The second-order valence-electron chi connectivity index (χ2n) is 5.39. The maximum absolute atomic E-state index is 12.8. The Kier molecular flexibility index (Phi) is 4.14. The number of fused-ring (bicyclic) bond motifs is 2. The van der Waals surface area contributed by atoms with E-state index >= 15 is 0 Å². The number of ether oxygens (including phenoxy) is 2. The van der Waals surface area contributed by atoms with Crippen molar-refractivity contribution < 1.29 is 17.9 Å². The van der Waals surface area contributed by atoms with Gasteiger partial charge in [0.15, 0.2) is 0 Å². The molecule has 2 aliphatic heterocycles. The highest BCUT2D eigenvalue weighted by molar-refractivity contribution is 7.89. The summed E-state index contributed by atoms with van der Waals surface area (Å²) in [5.41, 5.74) is 0.677. The van der Waals surface area contributed by atoms with Crippen LogP contribution in [0.25, 0.3) is 0 Å². The zero-order valence-electron chi connectivity index (χ0n) is 11.8. The Morgan fingerprint density at radius 3 is 2.57 bits per heavy atom. The zero-order chi connectivity index (χ0) is 15.0. The highest BCUT2D eigenvalue weighted by Crippen LogP contribution is 2.31. The molecule has 7 heteroatoms. The van der Waals surface area contributed by atoms with E-state index in [1.165, 1.54) is 4.31 Å². The van der Waals surface area contributed by atoms with Crippen molar-refractivity contribution in [2.75, 3.05) is 20.2 Å². The van der Waals surface area contributed by atoms with Crippen LogP contribution >= 0.6 is 11.6 Å². The summed E-state index contributed by atoms with van der Waals surface area (Å²) in [5.74, 6) is 0.812. The molecule has 2 saturated heterocycles. The molecule has 0 aromatic heterocycles. The van der Waals surface area contributed by atoms with Gasteiger partial charge in [0.2, 0.25) is 10.0 Å². The molecule has 2 bridgehead atoms. The SMILES string of the molecule is COc1ccc(S(=O)(=O)N2CC3CCC(C2)O3)cc1CCl. The van der Waals surface area contributed by atoms with Gasteiger partial charge < -0.3 is 9.47 Å². The topological polar surface area (TPSA) is 55.8 Å². The molecule has 1 aromatic carbocycles. The van der Waals surface area contributed by atoms with Gasteiger partial charge in [0.05, 0.1) is 30.1 Å². The largest absolute Gasteiger partial charge is 0.496 e. The molecular formula is C14H18ClNO4S. The van der Waals surface area contributed by atoms with Gasteiger partial charge >= 0.3 is 0 Å². The number of rotatable bonds is 4. The Balaban J connectivity index is 1.91. The van der Waals surface area contributed by atoms with Crippen molar-refractivity contribution in [2.24, 2.45) is 0 Å². The fourth-order valence-electron chi connectivity index (χ4n) is 2.94. The van der Waals surface area contributed by atoms with Crippen molar-refractivity contribution >= 4 is 21.6 Å². The van der Waals surface area contributed by atoms with Crippen LogP contribution in [0.15, 0.2) is 23.1 Å². The van der Waals surface area contributed by atoms with Crippen LogP contribution in [-0.4, -0.2) is 45.1 Å². The highest BCUT2D eigenvalue weighted by Gasteiger charge is 2.39. The lowest BCUT2D eigenvalue weighted by molar-refractivity contribution is -0.0114. The molecule has 0 saturated carbocycles. The van der Waals surface area contributed by atoms with Crippen LogP contribution < -0.4 is 4.74 Å². The van der Waals surface area contributed by atoms with Gasteiger partial charge in [0.1, 0.15) is 5.75 Å². The number of methoxy groups -OCH3 is 1. The van der Waals surface area contributed by atoms with E-state index in [0.29, 0.717) is 24.4 Å². The zero-order valence-corrected chi connectivity index (χ0v) is 13.4. The van der Waals surface area contributed by atoms with E-state index in [1.54, 1.807) is 25.3 Å². The Labute approximate surface area is 129 Å². The van der Waals surface area contributed by atoms with E-state index in [-0.39, 0.29) is 23.0 Å². The third-order valence-corrected chi connectivity index (χ3v) is 6.16. The minimum Gasteiger partial charge on any atom is -0.496 e. The predicted octanol–water partition coefficient (Wildman–Crippen LogP) is 1.99. The van der Waals surface area contributed by atoms with E-state index < -0.39 is 10.0 Å². The predicted molar refractivity (Wildman–Crippen MR) is 79.2 cm³/mol. The monoisotopic (exact) mass is 331 g/mol. The van der Waals surface area contributed by atoms with Crippen LogP contribution in [0.5, 0.6) is 5.75 Å². The van der Waals surface area contributed by atoms with Gasteiger partial charge in [-0.3, -0.25) is 0 Å². The molecule has 1 aromatic rings. The summed E-state index contributed by atoms with van der Waals surface area (Å²) in [6, 6.07) is 4.82. The average molecular weight is 332 g/mol. The maximum Gasteiger partial charge on any atom is 0.243 e. The molecule has 116 valence electrons. The van der Waals surface area contributed by atoms with Crippen molar-refractivity contribution in [3.05, 3.63) is 23.8 Å². The van der Waals surface area contributed by atoms with Crippen molar-refractivity contribution in [1.82, 2.24) is 4.31 Å². The third kappa shape index (κ3) is 2.77. The second kappa shape index (κ2) is 5.76. The second-order valence-corrected chi connectivity index (χ2v) is 7.59. The number of morpholine rings is 1. The number of benzene rings is 1. The molecule has 0 spiro atoms. The molecule has 3 rings (SSSR count). The first-order chi connectivity index (χ1) is 10.0. The van der Waals surface area contributed by atoms with Crippen molar-refractivity contribution in [1.29, 1.82) is 0 Å². The van der Waals surface area contributed by atoms with E-state index in [4.69, 9.17) is 21.1 Å². The molecule has 21 heavy (non-hydrogen) atoms. The van der Waals surface area contributed by atoms with Crippen molar-refractivity contribution in [3.8, 4) is 5.75 Å². The quantitative estimate of drug-likeness (QED) is 0.792. The minimum atomic E-state index is -3.51. The summed E-state index contributed by atoms with van der Waals surface area (Å²) >= 11 is 5.87. The molecule has 5 nitrogen and oxygen atoms in total. The minimum absolute atomic E-state index is 0.0317. The summed E-state index contributed by atoms with van der Waals surface area (Å²) in [6.07, 6.45) is 1.94. The molecule has 0 N–H and O–H groups in total. The molecule has 0 amide bonds. The number of nitrogens with zero attached hydrogens (tertiary/aromatic N) is 1. The van der Waals surface area contributed by atoms with Gasteiger partial charge in [-0.05, 0) is 31.0 Å². The Morgan fingerprint density at radius 2 is 2.00 bits per heavy atom. The smallest absolute Gasteiger partial charge is 0.243 e. The Hall–Kier alpha value is -0.820. The lowest BCUT2D eigenvalue weighted by Gasteiger charge is -2.31. The molecule has 0 aliphatic carbocycles. The van der Waals surface area contributed by atoms with E-state index in [0.717, 1.165) is 12.8 Å². The number of sulfonamides is 1. The van der Waals surface area contributed by atoms with Gasteiger partial charge in [-0.15, -0.1) is 11.6 Å². The number of hydrogen-bond donors (Lipinski definition) is 0. The van der Waals surface area contributed by atoms with Crippen LogP contribution in [0.1, 0.15) is 18.4 Å². The lowest BCUT2D eigenvalue weighted by atomic mass is 10.2. The molecule has 2 aliphatic rings. The molecular weight excluding hydrogens is 314 g/mol. The Morgan fingerprint density at radius 1 is 1.33 bits per heavy atom. The first-order valence-electron chi connectivity index (χ1n) is 6.93. The van der Waals surface area contributed by atoms with Gasteiger partial charge in [0, 0.05) is 18.7 Å². The maximum atomic E-state index is 12.8. The fraction of sp³-hybridized carbons (Fsp3) is 0.571. The molecule has 2 fully saturated rings. The van der Waals surface area contributed by atoms with Gasteiger partial charge in [-0.25, -0.2) is 8.42 Å². The fourth-order valence-corrected chi connectivity index (χ4v) is 4.71. The normalized spacial score (nSPS) is 26.0. The van der Waals surface area contributed by atoms with E-state index in [9.17, 15) is 8.42 Å². The summed E-state index contributed by atoms with van der Waals surface area (Å²) in [6.45, 7) is 0.863. The number of halogens is 1. The standard InChI is InChI=1S/C14H18ClNO4S/c1-19-14-5-4-13(6-10(14)7-15)21(17,18)16-8-11-2-3-12(9-16)20-11/h4-6,11-12H,2-3,7-9H2,1H3. The molecule has 2 unspecified atom stereocenters. The van der Waals surface area contributed by atoms with Crippen molar-refractivity contribution in [2.45, 2.75) is 35.8 Å². The third-order valence-electron chi connectivity index (χ3n) is 4.04. The van der Waals surface area contributed by atoms with Crippen LogP contribution in [0.4, 0.5) is 0 Å². The van der Waals surface area contributed by atoms with Crippen LogP contribution in [0.2, 0.25) is 0 Å². The first-order valence-corrected chi connectivity index (χ1v) is 8.90. The van der Waals surface area contributed by atoms with Crippen LogP contribution in [0.3, 0.4) is 0 Å². The first kappa shape index (κ1) is 15.1. The Bertz CT molecular complexity index is 622. The molecule has 0 radical (unpaired) electrons. The summed E-state index contributed by atoms with van der Waals surface area (Å²) in [4.78, 5) is 0.264. The molecule has 2 heterocycles. The summed E-state index contributed by atoms with van der Waals surface area (Å²) < 4.78 is 37.9. The number of alkyl halides is 1. The van der Waals surface area contributed by atoms with Gasteiger partial charge in [0.25, 0.3) is 0 Å². The lowest BCUT2D eigenvalue weighted by Crippen LogP contribution is -2.45.